The number of thiazole rings is 1. The van der Waals surface area contributed by atoms with Crippen LogP contribution in [0.15, 0.2) is 11.7 Å². The van der Waals surface area contributed by atoms with E-state index < -0.39 is 0 Å². The zero-order valence-electron chi connectivity index (χ0n) is 6.04. The second kappa shape index (κ2) is 4.41. The highest BCUT2D eigenvalue weighted by atomic mass is 32.1. The number of hydrogen-bond acceptors (Lipinski definition) is 3. The summed E-state index contributed by atoms with van der Waals surface area (Å²) in [6.07, 6.45) is 2.89. The molecule has 1 heterocycles. The molecule has 0 atom stereocenters. The van der Waals surface area contributed by atoms with Gasteiger partial charge >= 0.3 is 0 Å². The molecular formula is C7H11NOS. The SMILES string of the molecule is CCOCCc1cncs1. The third kappa shape index (κ3) is 2.45. The van der Waals surface area contributed by atoms with Crippen molar-refractivity contribution in [3.8, 4) is 0 Å². The van der Waals surface area contributed by atoms with E-state index in [2.05, 4.69) is 4.98 Å². The number of hydrogen-bond donors (Lipinski definition) is 0. The van der Waals surface area contributed by atoms with Crippen molar-refractivity contribution in [3.05, 3.63) is 16.6 Å². The highest BCUT2D eigenvalue weighted by Crippen LogP contribution is 2.05. The molecule has 0 aliphatic carbocycles. The summed E-state index contributed by atoms with van der Waals surface area (Å²) >= 11 is 1.68. The molecule has 2 nitrogen and oxygen atoms in total. The van der Waals surface area contributed by atoms with Gasteiger partial charge in [0.25, 0.3) is 0 Å². The summed E-state index contributed by atoms with van der Waals surface area (Å²) < 4.78 is 5.19. The standard InChI is InChI=1S/C7H11NOS/c1-2-9-4-3-7-5-8-6-10-7/h5-6H,2-4H2,1H3. The number of nitrogens with zero attached hydrogens (tertiary/aromatic N) is 1. The van der Waals surface area contributed by atoms with E-state index in [0.29, 0.717) is 0 Å². The Labute approximate surface area is 64.9 Å². The molecule has 1 rings (SSSR count). The summed E-state index contributed by atoms with van der Waals surface area (Å²) in [4.78, 5) is 5.26. The van der Waals surface area contributed by atoms with Crippen molar-refractivity contribution in [3.63, 3.8) is 0 Å². The molecule has 10 heavy (non-hydrogen) atoms. The molecule has 0 saturated heterocycles. The first-order valence-corrected chi connectivity index (χ1v) is 4.26. The van der Waals surface area contributed by atoms with E-state index in [4.69, 9.17) is 4.74 Å². The van der Waals surface area contributed by atoms with Gasteiger partial charge in [-0.2, -0.15) is 0 Å². The monoisotopic (exact) mass is 157 g/mol. The maximum absolute atomic E-state index is 5.19. The fourth-order valence-electron chi connectivity index (χ4n) is 0.683. The maximum atomic E-state index is 5.19. The van der Waals surface area contributed by atoms with Crippen molar-refractivity contribution in [1.82, 2.24) is 4.98 Å². The van der Waals surface area contributed by atoms with E-state index in [9.17, 15) is 0 Å². The Morgan fingerprint density at radius 2 is 2.60 bits per heavy atom. The molecular weight excluding hydrogens is 146 g/mol. The highest BCUT2D eigenvalue weighted by molar-refractivity contribution is 7.09. The first-order chi connectivity index (χ1) is 4.93. The molecule has 0 fully saturated rings. The van der Waals surface area contributed by atoms with Crippen molar-refractivity contribution in [2.24, 2.45) is 0 Å². The predicted octanol–water partition coefficient (Wildman–Crippen LogP) is 1.72. The summed E-state index contributed by atoms with van der Waals surface area (Å²) in [6.45, 7) is 3.63. The summed E-state index contributed by atoms with van der Waals surface area (Å²) in [7, 11) is 0. The quantitative estimate of drug-likeness (QED) is 0.621. The summed E-state index contributed by atoms with van der Waals surface area (Å²) in [5.74, 6) is 0. The van der Waals surface area contributed by atoms with E-state index >= 15 is 0 Å². The van der Waals surface area contributed by atoms with Gasteiger partial charge in [-0.3, -0.25) is 4.98 Å². The molecule has 56 valence electrons. The van der Waals surface area contributed by atoms with E-state index in [-0.39, 0.29) is 0 Å². The summed E-state index contributed by atoms with van der Waals surface area (Å²) in [5.41, 5.74) is 1.85. The minimum absolute atomic E-state index is 0.804. The van der Waals surface area contributed by atoms with Crippen LogP contribution in [0.5, 0.6) is 0 Å². The van der Waals surface area contributed by atoms with Crippen molar-refractivity contribution in [2.45, 2.75) is 13.3 Å². The summed E-state index contributed by atoms with van der Waals surface area (Å²) in [6, 6.07) is 0. The van der Waals surface area contributed by atoms with Crippen LogP contribution in [-0.2, 0) is 11.2 Å². The predicted molar refractivity (Wildman–Crippen MR) is 42.3 cm³/mol. The van der Waals surface area contributed by atoms with Crippen molar-refractivity contribution >= 4 is 11.3 Å². The number of aromatic nitrogens is 1. The molecule has 0 unspecified atom stereocenters. The topological polar surface area (TPSA) is 22.1 Å². The van der Waals surface area contributed by atoms with Crippen LogP contribution in [0.3, 0.4) is 0 Å². The van der Waals surface area contributed by atoms with Crippen molar-refractivity contribution < 1.29 is 4.74 Å². The smallest absolute Gasteiger partial charge is 0.0794 e. The summed E-state index contributed by atoms with van der Waals surface area (Å²) in [5, 5.41) is 0. The Hall–Kier alpha value is -0.410. The minimum atomic E-state index is 0.804. The van der Waals surface area contributed by atoms with E-state index in [1.54, 1.807) is 11.3 Å². The second-order valence-corrected chi connectivity index (χ2v) is 2.89. The fraction of sp³-hybridized carbons (Fsp3) is 0.571. The van der Waals surface area contributed by atoms with Gasteiger partial charge in [-0.15, -0.1) is 11.3 Å². The van der Waals surface area contributed by atoms with Gasteiger partial charge < -0.3 is 4.74 Å². The zero-order valence-corrected chi connectivity index (χ0v) is 6.86. The fourth-order valence-corrected chi connectivity index (χ4v) is 1.26. The molecule has 0 saturated carbocycles. The Morgan fingerprint density at radius 3 is 3.20 bits per heavy atom. The Morgan fingerprint density at radius 1 is 1.70 bits per heavy atom. The third-order valence-electron chi connectivity index (χ3n) is 1.18. The van der Waals surface area contributed by atoms with Crippen LogP contribution in [0.4, 0.5) is 0 Å². The second-order valence-electron chi connectivity index (χ2n) is 1.91. The average molecular weight is 157 g/mol. The molecule has 0 aromatic carbocycles. The average Bonchev–Trinajstić information content (AvgIpc) is 2.41. The molecule has 0 bridgehead atoms. The van der Waals surface area contributed by atoms with Crippen molar-refractivity contribution in [1.29, 1.82) is 0 Å². The van der Waals surface area contributed by atoms with E-state index in [0.717, 1.165) is 19.6 Å². The molecule has 1 aromatic rings. The van der Waals surface area contributed by atoms with E-state index in [1.807, 2.05) is 18.6 Å². The van der Waals surface area contributed by atoms with Gasteiger partial charge in [0.15, 0.2) is 0 Å². The largest absolute Gasteiger partial charge is 0.381 e. The van der Waals surface area contributed by atoms with Crippen LogP contribution in [-0.4, -0.2) is 18.2 Å². The van der Waals surface area contributed by atoms with Crippen LogP contribution in [0.25, 0.3) is 0 Å². The van der Waals surface area contributed by atoms with Gasteiger partial charge in [-0.1, -0.05) is 0 Å². The van der Waals surface area contributed by atoms with E-state index in [1.165, 1.54) is 4.88 Å². The highest BCUT2D eigenvalue weighted by Gasteiger charge is 1.92. The lowest BCUT2D eigenvalue weighted by Gasteiger charge is -1.96. The van der Waals surface area contributed by atoms with Gasteiger partial charge in [0, 0.05) is 24.1 Å². The van der Waals surface area contributed by atoms with Gasteiger partial charge in [0.2, 0.25) is 0 Å². The van der Waals surface area contributed by atoms with Gasteiger partial charge in [0.1, 0.15) is 0 Å². The molecule has 0 amide bonds. The van der Waals surface area contributed by atoms with Gasteiger partial charge in [-0.25, -0.2) is 0 Å². The number of rotatable bonds is 4. The van der Waals surface area contributed by atoms with Crippen LogP contribution in [0, 0.1) is 0 Å². The molecule has 3 heteroatoms. The van der Waals surface area contributed by atoms with Crippen LogP contribution in [0.2, 0.25) is 0 Å². The Kier molecular flexibility index (Phi) is 3.40. The molecule has 0 radical (unpaired) electrons. The normalized spacial score (nSPS) is 10.1. The van der Waals surface area contributed by atoms with Crippen molar-refractivity contribution in [2.75, 3.05) is 13.2 Å². The molecule has 0 aliphatic rings. The minimum Gasteiger partial charge on any atom is -0.381 e. The molecule has 0 spiro atoms. The Balaban J connectivity index is 2.15. The third-order valence-corrected chi connectivity index (χ3v) is 2.02. The number of ether oxygens (including phenoxy) is 1. The lowest BCUT2D eigenvalue weighted by atomic mass is 10.4. The van der Waals surface area contributed by atoms with Gasteiger partial charge in [0.05, 0.1) is 12.1 Å². The maximum Gasteiger partial charge on any atom is 0.0794 e. The van der Waals surface area contributed by atoms with Crippen LogP contribution >= 0.6 is 11.3 Å². The molecule has 0 N–H and O–H groups in total. The zero-order chi connectivity index (χ0) is 7.23. The lowest BCUT2D eigenvalue weighted by molar-refractivity contribution is 0.151. The Bertz CT molecular complexity index is 162. The van der Waals surface area contributed by atoms with Crippen LogP contribution < -0.4 is 0 Å². The lowest BCUT2D eigenvalue weighted by Crippen LogP contribution is -1.95. The van der Waals surface area contributed by atoms with Gasteiger partial charge in [-0.05, 0) is 6.92 Å². The molecule has 0 aliphatic heterocycles. The first-order valence-electron chi connectivity index (χ1n) is 3.38. The van der Waals surface area contributed by atoms with Crippen LogP contribution in [0.1, 0.15) is 11.8 Å². The molecule has 1 aromatic heterocycles. The first kappa shape index (κ1) is 7.69.